The number of benzene rings is 2. The fraction of sp³-hybridized carbons (Fsp3) is 0.462. The fourth-order valence-corrected chi connectivity index (χ4v) is 5.28. The number of ether oxygens (including phenoxy) is 1. The Labute approximate surface area is 242 Å². The number of thioether (sulfide) groups is 1. The third-order valence-electron chi connectivity index (χ3n) is 5.54. The van der Waals surface area contributed by atoms with Gasteiger partial charge >= 0.3 is 5.97 Å². The van der Waals surface area contributed by atoms with Gasteiger partial charge in [-0.15, -0.1) is 11.8 Å². The Morgan fingerprint density at radius 2 is 1.89 bits per heavy atom. The molecule has 35 heavy (non-hydrogen) atoms. The first-order valence-electron chi connectivity index (χ1n) is 11.3. The Morgan fingerprint density at radius 3 is 2.46 bits per heavy atom. The molecule has 1 unspecified atom stereocenters. The molecule has 2 aromatic carbocycles. The summed E-state index contributed by atoms with van der Waals surface area (Å²) >= 11 is 5.21. The maximum Gasteiger partial charge on any atom is 0.303 e. The summed E-state index contributed by atoms with van der Waals surface area (Å²) in [5.74, 6) is 0.305. The van der Waals surface area contributed by atoms with Crippen molar-refractivity contribution in [3.8, 4) is 11.5 Å². The Balaban J connectivity index is 0.00000612. The van der Waals surface area contributed by atoms with Gasteiger partial charge in [0.05, 0.1) is 24.7 Å². The van der Waals surface area contributed by atoms with Crippen LogP contribution in [0.25, 0.3) is 0 Å². The summed E-state index contributed by atoms with van der Waals surface area (Å²) in [6, 6.07) is 8.94. The zero-order valence-electron chi connectivity index (χ0n) is 21.1. The first-order chi connectivity index (χ1) is 16.0. The fourth-order valence-electron chi connectivity index (χ4n) is 3.69. The van der Waals surface area contributed by atoms with Crippen LogP contribution in [0.1, 0.15) is 74.5 Å². The van der Waals surface area contributed by atoms with E-state index in [0.29, 0.717) is 35.5 Å². The number of aliphatic carboxylic acids is 1. The number of aromatic hydroxyl groups is 1. The molecule has 3 N–H and O–H groups in total. The van der Waals surface area contributed by atoms with Crippen molar-refractivity contribution >= 4 is 69.0 Å². The van der Waals surface area contributed by atoms with Crippen LogP contribution in [0.2, 0.25) is 0 Å². The molecule has 0 saturated heterocycles. The number of ketones is 1. The summed E-state index contributed by atoms with van der Waals surface area (Å²) in [6.07, 6.45) is 1.21. The minimum Gasteiger partial charge on any atom is -0.507 e. The number of carbonyl (C=O) groups excluding carboxylic acids is 1. The van der Waals surface area contributed by atoms with E-state index in [2.05, 4.69) is 15.9 Å². The van der Waals surface area contributed by atoms with Crippen LogP contribution in [-0.4, -0.2) is 69.0 Å². The number of phenolic OH excluding ortho intramolecular Hbond substituents is 1. The van der Waals surface area contributed by atoms with Crippen molar-refractivity contribution in [1.29, 1.82) is 0 Å². The van der Waals surface area contributed by atoms with Crippen molar-refractivity contribution in [2.45, 2.75) is 64.4 Å². The number of hydrogen-bond acceptors (Lipinski definition) is 6. The minimum absolute atomic E-state index is 0. The molecule has 0 spiro atoms. The largest absolute Gasteiger partial charge is 0.507 e. The predicted octanol–water partition coefficient (Wildman–Crippen LogP) is 6.02. The third kappa shape index (κ3) is 9.09. The molecule has 0 aliphatic carbocycles. The number of halogens is 1. The van der Waals surface area contributed by atoms with Crippen LogP contribution in [0.3, 0.4) is 0 Å². The van der Waals surface area contributed by atoms with Gasteiger partial charge in [0.25, 0.3) is 0 Å². The molecule has 1 atom stereocenters. The van der Waals surface area contributed by atoms with Crippen LogP contribution in [0.4, 0.5) is 0 Å². The summed E-state index contributed by atoms with van der Waals surface area (Å²) < 4.78 is 6.76. The predicted molar refractivity (Wildman–Crippen MR) is 144 cm³/mol. The van der Waals surface area contributed by atoms with Crippen molar-refractivity contribution < 1.29 is 29.6 Å². The van der Waals surface area contributed by atoms with Crippen molar-refractivity contribution in [1.82, 2.24) is 0 Å². The quantitative estimate of drug-likeness (QED) is 0.116. The maximum absolute atomic E-state index is 11.7. The maximum atomic E-state index is 11.7. The molecular weight excluding hydrogens is 543 g/mol. The Bertz CT molecular complexity index is 1030. The molecule has 6 nitrogen and oxygen atoms in total. The number of carboxylic acids is 1. The minimum atomic E-state index is -0.940. The van der Waals surface area contributed by atoms with E-state index in [-0.39, 0.29) is 47.5 Å². The van der Waals surface area contributed by atoms with E-state index < -0.39 is 17.5 Å². The van der Waals surface area contributed by atoms with Gasteiger partial charge in [-0.2, -0.15) is 0 Å². The molecule has 2 rings (SSSR count). The Morgan fingerprint density at radius 1 is 1.20 bits per heavy atom. The van der Waals surface area contributed by atoms with Crippen LogP contribution in [-0.2, 0) is 11.2 Å². The van der Waals surface area contributed by atoms with E-state index in [4.69, 9.17) is 9.84 Å². The number of carbonyl (C=O) groups is 2. The van der Waals surface area contributed by atoms with Crippen LogP contribution in [0.15, 0.2) is 39.7 Å². The standard InChI is InChI=1S/C26H33BrO6S.Na/c1-5-7-19-21(10-9-18(16(2)28)24(19)31)33-12-6-13-34-22-11-8-17(14-20(22)27)25(32)26(3,4)15-23(29)30;/h8-11,14,25,31-32H,5-7,12-13,15H2,1-4H3,(H,29,30);. The molecule has 0 amide bonds. The molecule has 187 valence electrons. The smallest absolute Gasteiger partial charge is 0.303 e. The molecule has 1 radical (unpaired) electrons. The topological polar surface area (TPSA) is 104 Å². The Hall–Kier alpha value is -1.03. The van der Waals surface area contributed by atoms with E-state index in [1.165, 1.54) is 6.92 Å². The van der Waals surface area contributed by atoms with Crippen molar-refractivity contribution in [3.63, 3.8) is 0 Å². The molecule has 0 aliphatic heterocycles. The summed E-state index contributed by atoms with van der Waals surface area (Å²) in [5.41, 5.74) is 0.870. The van der Waals surface area contributed by atoms with Gasteiger partial charge in [-0.05, 0) is 65.5 Å². The summed E-state index contributed by atoms with van der Waals surface area (Å²) in [6.45, 7) is 7.39. The molecule has 0 bridgehead atoms. The van der Waals surface area contributed by atoms with E-state index >= 15 is 0 Å². The second-order valence-corrected chi connectivity index (χ2v) is 10.9. The Kier molecular flexibility index (Phi) is 13.4. The first kappa shape index (κ1) is 32.0. The van der Waals surface area contributed by atoms with E-state index in [1.54, 1.807) is 37.7 Å². The number of hydrogen-bond donors (Lipinski definition) is 3. The zero-order chi connectivity index (χ0) is 25.5. The molecular formula is C26H33BrNaO6S. The van der Waals surface area contributed by atoms with E-state index in [9.17, 15) is 19.8 Å². The number of carboxylic acid groups (broad SMARTS) is 1. The van der Waals surface area contributed by atoms with Gasteiger partial charge in [0.1, 0.15) is 11.5 Å². The SMILES string of the molecule is CCCc1c(OCCCSc2ccc(C(O)C(C)(C)CC(=O)O)cc2Br)ccc(C(C)=O)c1O.[Na]. The summed E-state index contributed by atoms with van der Waals surface area (Å²) in [4.78, 5) is 23.8. The summed E-state index contributed by atoms with van der Waals surface area (Å²) in [5, 5.41) is 30.2. The van der Waals surface area contributed by atoms with Crippen LogP contribution < -0.4 is 4.74 Å². The molecule has 0 aromatic heterocycles. The molecule has 9 heteroatoms. The van der Waals surface area contributed by atoms with Crippen LogP contribution in [0, 0.1) is 5.41 Å². The van der Waals surface area contributed by atoms with Gasteiger partial charge in [0, 0.05) is 55.7 Å². The van der Waals surface area contributed by atoms with Gasteiger partial charge in [-0.3, -0.25) is 9.59 Å². The molecule has 0 saturated carbocycles. The van der Waals surface area contributed by atoms with E-state index in [1.807, 2.05) is 25.1 Å². The second-order valence-electron chi connectivity index (χ2n) is 8.95. The normalized spacial score (nSPS) is 12.1. The first-order valence-corrected chi connectivity index (χ1v) is 13.1. The number of aliphatic hydroxyl groups excluding tert-OH is 1. The number of rotatable bonds is 13. The zero-order valence-corrected chi connectivity index (χ0v) is 25.5. The van der Waals surface area contributed by atoms with Gasteiger partial charge in [0.15, 0.2) is 5.78 Å². The van der Waals surface area contributed by atoms with Crippen LogP contribution >= 0.6 is 27.7 Å². The van der Waals surface area contributed by atoms with E-state index in [0.717, 1.165) is 28.0 Å². The van der Waals surface area contributed by atoms with Gasteiger partial charge in [-0.25, -0.2) is 0 Å². The van der Waals surface area contributed by atoms with Crippen molar-refractivity contribution in [2.75, 3.05) is 12.4 Å². The average molecular weight is 577 g/mol. The second kappa shape index (κ2) is 14.6. The van der Waals surface area contributed by atoms with Crippen molar-refractivity contribution in [2.24, 2.45) is 5.41 Å². The number of Topliss-reactive ketones (excluding diaryl/α,β-unsaturated/α-hetero) is 1. The molecule has 0 aliphatic rings. The molecule has 0 fully saturated rings. The summed E-state index contributed by atoms with van der Waals surface area (Å²) in [7, 11) is 0. The van der Waals surface area contributed by atoms with Gasteiger partial charge < -0.3 is 20.1 Å². The average Bonchev–Trinajstić information content (AvgIpc) is 2.75. The van der Waals surface area contributed by atoms with Gasteiger partial charge in [-0.1, -0.05) is 33.3 Å². The number of aliphatic hydroxyl groups is 1. The van der Waals surface area contributed by atoms with Crippen molar-refractivity contribution in [3.05, 3.63) is 51.5 Å². The number of phenols is 1. The monoisotopic (exact) mass is 575 g/mol. The molecule has 0 heterocycles. The molecule has 2 aromatic rings. The van der Waals surface area contributed by atoms with Crippen LogP contribution in [0.5, 0.6) is 11.5 Å². The van der Waals surface area contributed by atoms with Gasteiger partial charge in [0.2, 0.25) is 0 Å². The third-order valence-corrected chi connectivity index (χ3v) is 7.62.